The Morgan fingerprint density at radius 1 is 1.23 bits per heavy atom. The van der Waals surface area contributed by atoms with E-state index >= 15 is 0 Å². The Balaban J connectivity index is 1.49. The highest BCUT2D eigenvalue weighted by molar-refractivity contribution is 7.99. The summed E-state index contributed by atoms with van der Waals surface area (Å²) >= 11 is 1.36. The molecule has 4 aromatic heterocycles. The summed E-state index contributed by atoms with van der Waals surface area (Å²) in [6.45, 7) is 0.980. The van der Waals surface area contributed by atoms with Gasteiger partial charge in [0, 0.05) is 50.4 Å². The average Bonchev–Trinajstić information content (AvgIpc) is 3.49. The standard InChI is InChI=1S/C20H21N7O2S/c1-25(11-15-10-22-26(2)12-15)18(28)14-30-20-24-23-19(16-5-7-21-8-6-16)27(20)13-17-4-3-9-29-17/h3-10,12H,11,13-14H2,1-2H3. The predicted molar refractivity (Wildman–Crippen MR) is 111 cm³/mol. The van der Waals surface area contributed by atoms with Crippen LogP contribution >= 0.6 is 11.8 Å². The third-order valence-electron chi connectivity index (χ3n) is 4.48. The monoisotopic (exact) mass is 423 g/mol. The highest BCUT2D eigenvalue weighted by Crippen LogP contribution is 2.25. The second kappa shape index (κ2) is 8.95. The van der Waals surface area contributed by atoms with Gasteiger partial charge in [-0.2, -0.15) is 5.10 Å². The van der Waals surface area contributed by atoms with Crippen molar-refractivity contribution in [1.29, 1.82) is 0 Å². The number of hydrogen-bond acceptors (Lipinski definition) is 7. The highest BCUT2D eigenvalue weighted by Gasteiger charge is 2.18. The number of amides is 1. The van der Waals surface area contributed by atoms with Gasteiger partial charge in [0.15, 0.2) is 11.0 Å². The minimum absolute atomic E-state index is 0.00172. The lowest BCUT2D eigenvalue weighted by molar-refractivity contribution is -0.127. The molecule has 10 heteroatoms. The van der Waals surface area contributed by atoms with Crippen molar-refractivity contribution in [3.8, 4) is 11.4 Å². The Labute approximate surface area is 177 Å². The smallest absolute Gasteiger partial charge is 0.233 e. The molecular weight excluding hydrogens is 402 g/mol. The highest BCUT2D eigenvalue weighted by atomic mass is 32.2. The van der Waals surface area contributed by atoms with Gasteiger partial charge in [0.1, 0.15) is 5.76 Å². The van der Waals surface area contributed by atoms with Gasteiger partial charge in [0.05, 0.1) is 24.8 Å². The van der Waals surface area contributed by atoms with Gasteiger partial charge in [-0.15, -0.1) is 10.2 Å². The molecule has 30 heavy (non-hydrogen) atoms. The lowest BCUT2D eigenvalue weighted by Crippen LogP contribution is -2.27. The summed E-state index contributed by atoms with van der Waals surface area (Å²) < 4.78 is 9.18. The van der Waals surface area contributed by atoms with Gasteiger partial charge in [-0.3, -0.25) is 19.0 Å². The molecular formula is C20H21N7O2S. The van der Waals surface area contributed by atoms with Crippen LogP contribution in [0.2, 0.25) is 0 Å². The first-order valence-corrected chi connectivity index (χ1v) is 10.3. The number of aryl methyl sites for hydroxylation is 1. The molecule has 0 N–H and O–H groups in total. The first-order valence-electron chi connectivity index (χ1n) is 9.30. The Kier molecular flexibility index (Phi) is 5.94. The SMILES string of the molecule is CN(Cc1cnn(C)c1)C(=O)CSc1nnc(-c2ccncc2)n1Cc1ccco1. The number of carbonyl (C=O) groups is 1. The van der Waals surface area contributed by atoms with Crippen molar-refractivity contribution in [2.45, 2.75) is 18.2 Å². The molecule has 4 heterocycles. The summed E-state index contributed by atoms with van der Waals surface area (Å²) in [5, 5.41) is 13.5. The van der Waals surface area contributed by atoms with Gasteiger partial charge in [0.2, 0.25) is 5.91 Å². The van der Waals surface area contributed by atoms with Gasteiger partial charge in [0.25, 0.3) is 0 Å². The summed E-state index contributed by atoms with van der Waals surface area (Å²) in [4.78, 5) is 18.4. The molecule has 0 saturated heterocycles. The minimum atomic E-state index is 0.00172. The zero-order valence-corrected chi connectivity index (χ0v) is 17.5. The Morgan fingerprint density at radius 3 is 2.77 bits per heavy atom. The zero-order chi connectivity index (χ0) is 20.9. The third-order valence-corrected chi connectivity index (χ3v) is 5.43. The molecule has 4 rings (SSSR count). The second-order valence-electron chi connectivity index (χ2n) is 6.77. The number of rotatable bonds is 8. The summed E-state index contributed by atoms with van der Waals surface area (Å²) in [6, 6.07) is 7.50. The quantitative estimate of drug-likeness (QED) is 0.402. The molecule has 0 aliphatic rings. The second-order valence-corrected chi connectivity index (χ2v) is 7.71. The molecule has 0 radical (unpaired) electrons. The van der Waals surface area contributed by atoms with E-state index in [1.807, 2.05) is 42.1 Å². The lowest BCUT2D eigenvalue weighted by atomic mass is 10.2. The van der Waals surface area contributed by atoms with Crippen LogP contribution < -0.4 is 0 Å². The first-order chi connectivity index (χ1) is 14.6. The normalized spacial score (nSPS) is 11.0. The third kappa shape index (κ3) is 4.60. The number of hydrogen-bond donors (Lipinski definition) is 0. The van der Waals surface area contributed by atoms with Crippen LogP contribution in [0.4, 0.5) is 0 Å². The van der Waals surface area contributed by atoms with Crippen LogP contribution in [0.3, 0.4) is 0 Å². The summed E-state index contributed by atoms with van der Waals surface area (Å²) in [6.07, 6.45) is 8.72. The van der Waals surface area contributed by atoms with E-state index in [1.165, 1.54) is 11.8 Å². The van der Waals surface area contributed by atoms with E-state index in [4.69, 9.17) is 4.42 Å². The van der Waals surface area contributed by atoms with Crippen molar-refractivity contribution < 1.29 is 9.21 Å². The number of nitrogens with zero attached hydrogens (tertiary/aromatic N) is 7. The Bertz CT molecular complexity index is 1110. The van der Waals surface area contributed by atoms with Crippen molar-refractivity contribution in [3.05, 3.63) is 66.6 Å². The van der Waals surface area contributed by atoms with Crippen molar-refractivity contribution in [2.75, 3.05) is 12.8 Å². The van der Waals surface area contributed by atoms with Crippen LogP contribution in [-0.2, 0) is 24.9 Å². The fraction of sp³-hybridized carbons (Fsp3) is 0.250. The predicted octanol–water partition coefficient (Wildman–Crippen LogP) is 2.47. The van der Waals surface area contributed by atoms with E-state index in [1.54, 1.807) is 41.5 Å². The van der Waals surface area contributed by atoms with E-state index < -0.39 is 0 Å². The zero-order valence-electron chi connectivity index (χ0n) is 16.7. The lowest BCUT2D eigenvalue weighted by Gasteiger charge is -2.16. The topological polar surface area (TPSA) is 94.9 Å². The number of pyridine rings is 1. The van der Waals surface area contributed by atoms with Crippen LogP contribution in [0.15, 0.2) is 64.9 Å². The molecule has 9 nitrogen and oxygen atoms in total. The van der Waals surface area contributed by atoms with Gasteiger partial charge < -0.3 is 9.32 Å². The molecule has 0 saturated carbocycles. The molecule has 0 atom stereocenters. The first kappa shape index (κ1) is 19.9. The minimum Gasteiger partial charge on any atom is -0.467 e. The van der Waals surface area contributed by atoms with Gasteiger partial charge in [-0.05, 0) is 24.3 Å². The maximum Gasteiger partial charge on any atom is 0.233 e. The fourth-order valence-corrected chi connectivity index (χ4v) is 3.84. The van der Waals surface area contributed by atoms with E-state index in [-0.39, 0.29) is 11.7 Å². The van der Waals surface area contributed by atoms with Gasteiger partial charge in [-0.1, -0.05) is 11.8 Å². The van der Waals surface area contributed by atoms with Crippen LogP contribution in [0.25, 0.3) is 11.4 Å². The molecule has 4 aromatic rings. The van der Waals surface area contributed by atoms with Crippen molar-refractivity contribution in [3.63, 3.8) is 0 Å². The molecule has 0 aliphatic carbocycles. The molecule has 0 bridgehead atoms. The maximum absolute atomic E-state index is 12.6. The number of aromatic nitrogens is 6. The molecule has 0 aromatic carbocycles. The molecule has 1 amide bonds. The number of furan rings is 1. The maximum atomic E-state index is 12.6. The van der Waals surface area contributed by atoms with E-state index in [2.05, 4.69) is 20.3 Å². The van der Waals surface area contributed by atoms with Gasteiger partial charge >= 0.3 is 0 Å². The summed E-state index contributed by atoms with van der Waals surface area (Å²) in [5.74, 6) is 1.74. The number of carbonyl (C=O) groups excluding carboxylic acids is 1. The Morgan fingerprint density at radius 2 is 2.07 bits per heavy atom. The molecule has 154 valence electrons. The molecule has 0 aliphatic heterocycles. The number of thioether (sulfide) groups is 1. The molecule has 0 fully saturated rings. The van der Waals surface area contributed by atoms with Crippen LogP contribution in [0, 0.1) is 0 Å². The van der Waals surface area contributed by atoms with Crippen LogP contribution in [0.5, 0.6) is 0 Å². The Hall–Kier alpha value is -3.40. The summed E-state index contributed by atoms with van der Waals surface area (Å²) in [7, 11) is 3.64. The van der Waals surface area contributed by atoms with E-state index in [9.17, 15) is 4.79 Å². The van der Waals surface area contributed by atoms with Crippen molar-refractivity contribution in [2.24, 2.45) is 7.05 Å². The average molecular weight is 424 g/mol. The summed E-state index contributed by atoms with van der Waals surface area (Å²) in [5.41, 5.74) is 1.88. The van der Waals surface area contributed by atoms with Crippen molar-refractivity contribution in [1.82, 2.24) is 34.4 Å². The van der Waals surface area contributed by atoms with Gasteiger partial charge in [-0.25, -0.2) is 0 Å². The van der Waals surface area contributed by atoms with E-state index in [0.717, 1.165) is 16.9 Å². The molecule has 0 unspecified atom stereocenters. The van der Waals surface area contributed by atoms with E-state index in [0.29, 0.717) is 24.1 Å². The van der Waals surface area contributed by atoms with Crippen LogP contribution in [0.1, 0.15) is 11.3 Å². The molecule has 0 spiro atoms. The largest absolute Gasteiger partial charge is 0.467 e. The van der Waals surface area contributed by atoms with Crippen LogP contribution in [-0.4, -0.2) is 53.1 Å². The fourth-order valence-electron chi connectivity index (χ4n) is 2.96. The van der Waals surface area contributed by atoms with Crippen molar-refractivity contribution >= 4 is 17.7 Å².